The van der Waals surface area contributed by atoms with Crippen LogP contribution >= 0.6 is 0 Å². The van der Waals surface area contributed by atoms with E-state index in [0.717, 1.165) is 31.2 Å². The fourth-order valence-corrected chi connectivity index (χ4v) is 8.81. The summed E-state index contributed by atoms with van der Waals surface area (Å²) in [5.41, 5.74) is -0.0736. The number of carbonyl (C=O) groups excluding carboxylic acids is 4. The largest absolute Gasteiger partial charge is 0.496 e. The van der Waals surface area contributed by atoms with Crippen LogP contribution in [0, 0.1) is 12.8 Å². The molecule has 3 saturated carbocycles. The van der Waals surface area contributed by atoms with Crippen LogP contribution in [0.2, 0.25) is 0 Å². The highest BCUT2D eigenvalue weighted by Gasteiger charge is 2.63. The normalized spacial score (nSPS) is 27.8. The first kappa shape index (κ1) is 38.7. The maximum atomic E-state index is 14.5. The number of sulfonamides is 1. The fraction of sp³-hybridized carbons (Fsp3) is 0.615. The third-order valence-electron chi connectivity index (χ3n) is 11.6. The molecular weight excluding hydrogens is 729 g/mol. The molecule has 3 N–H and O–H groups in total. The van der Waals surface area contributed by atoms with Crippen molar-refractivity contribution >= 4 is 44.7 Å². The summed E-state index contributed by atoms with van der Waals surface area (Å²) >= 11 is 0. The first-order valence-electron chi connectivity index (χ1n) is 19.3. The Kier molecular flexibility index (Phi) is 10.4. The van der Waals surface area contributed by atoms with Gasteiger partial charge < -0.3 is 34.6 Å². The van der Waals surface area contributed by atoms with Gasteiger partial charge in [-0.25, -0.2) is 18.2 Å². The van der Waals surface area contributed by atoms with Gasteiger partial charge in [-0.15, -0.1) is 0 Å². The molecule has 0 bridgehead atoms. The molecule has 55 heavy (non-hydrogen) atoms. The Labute approximate surface area is 321 Å². The van der Waals surface area contributed by atoms with Gasteiger partial charge in [-0.2, -0.15) is 0 Å². The third-order valence-corrected chi connectivity index (χ3v) is 13.8. The van der Waals surface area contributed by atoms with Gasteiger partial charge in [0.05, 0.1) is 23.9 Å². The number of nitrogens with zero attached hydrogens (tertiary/aromatic N) is 3. The number of benzene rings is 1. The van der Waals surface area contributed by atoms with Crippen molar-refractivity contribution in [1.29, 1.82) is 0 Å². The predicted molar refractivity (Wildman–Crippen MR) is 203 cm³/mol. The standard InChI is InChI=1S/C39H52N6O9S/c1-23-30(52-5)16-15-27-31(20-32(41-33(23)27)54-25-13-14-25)53-26-19-29-34(46)42-39(36(48)43-55(50,51)38(2)17-18-38)21-24(39)11-9-7-6-8-10-12-28(35(47)45(29)22-26)40-37(49)44(3)4/h9,11,15-16,20,24-26,28-29H,6-8,10,12-14,17-19,21-22H2,1-5H3,(H,40,49)(H,42,46)(H,43,48)/t24-,26-,28+,29+,39-/m1/s1. The summed E-state index contributed by atoms with van der Waals surface area (Å²) in [6, 6.07) is 2.96. The smallest absolute Gasteiger partial charge is 0.317 e. The van der Waals surface area contributed by atoms with Gasteiger partial charge in [0.15, 0.2) is 0 Å². The lowest BCUT2D eigenvalue weighted by Gasteiger charge is -2.30. The number of ether oxygens (including phenoxy) is 3. The van der Waals surface area contributed by atoms with E-state index in [2.05, 4.69) is 15.4 Å². The highest BCUT2D eigenvalue weighted by atomic mass is 32.2. The van der Waals surface area contributed by atoms with E-state index in [0.29, 0.717) is 60.4 Å². The van der Waals surface area contributed by atoms with E-state index >= 15 is 0 Å². The van der Waals surface area contributed by atoms with Crippen molar-refractivity contribution in [1.82, 2.24) is 30.1 Å². The number of allylic oxidation sites excluding steroid dienone is 1. The van der Waals surface area contributed by atoms with Crippen molar-refractivity contribution in [2.45, 2.75) is 119 Å². The molecule has 0 spiro atoms. The summed E-state index contributed by atoms with van der Waals surface area (Å²) in [4.78, 5) is 63.4. The summed E-state index contributed by atoms with van der Waals surface area (Å²) < 4.78 is 45.9. The number of aryl methyl sites for hydroxylation is 1. The minimum atomic E-state index is -3.99. The second-order valence-corrected chi connectivity index (χ2v) is 18.4. The van der Waals surface area contributed by atoms with Gasteiger partial charge in [-0.3, -0.25) is 19.1 Å². The molecule has 5 aliphatic rings. The summed E-state index contributed by atoms with van der Waals surface area (Å²) in [5.74, 6) is -0.753. The number of pyridine rings is 1. The molecule has 0 radical (unpaired) electrons. The monoisotopic (exact) mass is 780 g/mol. The van der Waals surface area contributed by atoms with E-state index in [4.69, 9.17) is 19.2 Å². The highest BCUT2D eigenvalue weighted by molar-refractivity contribution is 7.91. The third kappa shape index (κ3) is 7.92. The molecule has 1 saturated heterocycles. The SMILES string of the molecule is COc1ccc2c(O[C@@H]3C[C@H]4C(=O)N[C@]5(C(=O)NS(=O)(=O)C6(C)CC6)C[C@H]5C=CCCCCC[C@H](NC(=O)N(C)C)C(=O)N4C3)cc(OC3CC3)nc2c1C. The molecule has 298 valence electrons. The van der Waals surface area contributed by atoms with Gasteiger partial charge in [0.1, 0.15) is 41.3 Å². The van der Waals surface area contributed by atoms with Gasteiger partial charge in [-0.1, -0.05) is 25.0 Å². The predicted octanol–water partition coefficient (Wildman–Crippen LogP) is 3.47. The van der Waals surface area contributed by atoms with Crippen molar-refractivity contribution in [3.63, 3.8) is 0 Å². The number of amides is 5. The molecule has 15 nitrogen and oxygen atoms in total. The minimum Gasteiger partial charge on any atom is -0.496 e. The second-order valence-electron chi connectivity index (χ2n) is 16.2. The van der Waals surface area contributed by atoms with Crippen LogP contribution in [0.3, 0.4) is 0 Å². The molecule has 2 aromatic rings. The van der Waals surface area contributed by atoms with Crippen molar-refractivity contribution in [2.24, 2.45) is 5.92 Å². The Morgan fingerprint density at radius 3 is 2.49 bits per heavy atom. The van der Waals surface area contributed by atoms with Crippen LogP contribution in [-0.2, 0) is 24.4 Å². The second kappa shape index (κ2) is 14.8. The van der Waals surface area contributed by atoms with E-state index in [1.54, 1.807) is 34.2 Å². The Morgan fingerprint density at radius 1 is 1.04 bits per heavy atom. The zero-order chi connectivity index (χ0) is 39.3. The van der Waals surface area contributed by atoms with Gasteiger partial charge in [0, 0.05) is 43.5 Å². The number of carbonyl (C=O) groups is 4. The van der Waals surface area contributed by atoms with Crippen molar-refractivity contribution in [2.75, 3.05) is 27.7 Å². The molecule has 3 aliphatic carbocycles. The Morgan fingerprint density at radius 2 is 1.80 bits per heavy atom. The molecule has 7 rings (SSSR count). The Bertz CT molecular complexity index is 2010. The summed E-state index contributed by atoms with van der Waals surface area (Å²) in [6.45, 7) is 3.51. The van der Waals surface area contributed by atoms with Crippen LogP contribution in [0.5, 0.6) is 17.4 Å². The van der Waals surface area contributed by atoms with Crippen molar-refractivity contribution < 1.29 is 41.8 Å². The maximum absolute atomic E-state index is 14.5. The van der Waals surface area contributed by atoms with E-state index < -0.39 is 68.2 Å². The number of rotatable bonds is 9. The van der Waals surface area contributed by atoms with E-state index in [9.17, 15) is 27.6 Å². The summed E-state index contributed by atoms with van der Waals surface area (Å²) in [5, 5.41) is 6.47. The molecule has 3 heterocycles. The fourth-order valence-electron chi connectivity index (χ4n) is 7.50. The van der Waals surface area contributed by atoms with Crippen molar-refractivity contribution in [3.05, 3.63) is 35.9 Å². The molecule has 1 aromatic heterocycles. The molecule has 5 amide bonds. The zero-order valence-corrected chi connectivity index (χ0v) is 33.0. The minimum absolute atomic E-state index is 0.0122. The number of fused-ring (bicyclic) bond motifs is 3. The molecule has 1 aromatic carbocycles. The van der Waals surface area contributed by atoms with Crippen LogP contribution in [-0.4, -0.2) is 109 Å². The average Bonchev–Trinajstić information content (AvgIpc) is 4.09. The van der Waals surface area contributed by atoms with E-state index in [-0.39, 0.29) is 25.5 Å². The number of hydrogen-bond acceptors (Lipinski definition) is 10. The lowest BCUT2D eigenvalue weighted by Crippen LogP contribution is -2.59. The van der Waals surface area contributed by atoms with Gasteiger partial charge in [0.2, 0.25) is 27.7 Å². The molecule has 0 unspecified atom stereocenters. The number of urea groups is 1. The molecular formula is C39H52N6O9S. The first-order valence-corrected chi connectivity index (χ1v) is 20.8. The summed E-state index contributed by atoms with van der Waals surface area (Å²) in [7, 11) is 0.784. The topological polar surface area (TPSA) is 186 Å². The van der Waals surface area contributed by atoms with Crippen LogP contribution < -0.4 is 29.6 Å². The quantitative estimate of drug-likeness (QED) is 0.319. The van der Waals surface area contributed by atoms with Crippen molar-refractivity contribution in [3.8, 4) is 17.4 Å². The molecule has 16 heteroatoms. The van der Waals surface area contributed by atoms with Crippen LogP contribution in [0.25, 0.3) is 10.9 Å². The lowest BCUT2D eigenvalue weighted by molar-refractivity contribution is -0.141. The summed E-state index contributed by atoms with van der Waals surface area (Å²) in [6.07, 6.45) is 9.57. The molecule has 4 fully saturated rings. The molecule has 2 aliphatic heterocycles. The zero-order valence-electron chi connectivity index (χ0n) is 32.2. The Hall–Kier alpha value is -4.60. The number of nitrogens with one attached hydrogen (secondary N) is 3. The lowest BCUT2D eigenvalue weighted by atomic mass is 10.0. The number of aromatic nitrogens is 1. The number of methoxy groups -OCH3 is 1. The average molecular weight is 781 g/mol. The maximum Gasteiger partial charge on any atom is 0.317 e. The van der Waals surface area contributed by atoms with Crippen LogP contribution in [0.1, 0.15) is 83.1 Å². The first-order chi connectivity index (χ1) is 26.1. The highest BCUT2D eigenvalue weighted by Crippen LogP contribution is 2.48. The van der Waals surface area contributed by atoms with Crippen LogP contribution in [0.15, 0.2) is 30.4 Å². The van der Waals surface area contributed by atoms with E-state index in [1.807, 2.05) is 31.2 Å². The van der Waals surface area contributed by atoms with Gasteiger partial charge in [-0.05, 0) is 77.3 Å². The van der Waals surface area contributed by atoms with E-state index in [1.165, 1.54) is 9.80 Å². The molecule has 5 atom stereocenters. The van der Waals surface area contributed by atoms with Crippen LogP contribution in [0.4, 0.5) is 4.79 Å². The Balaban J connectivity index is 1.22. The number of hydrogen-bond donors (Lipinski definition) is 3. The van der Waals surface area contributed by atoms with Gasteiger partial charge in [0.25, 0.3) is 5.91 Å². The van der Waals surface area contributed by atoms with Gasteiger partial charge >= 0.3 is 6.03 Å².